The molecule has 1 saturated heterocycles. The highest BCUT2D eigenvalue weighted by atomic mass is 16.5. The average Bonchev–Trinajstić information content (AvgIpc) is 2.26. The molecule has 0 aromatic carbocycles. The average molecular weight is 238 g/mol. The monoisotopic (exact) mass is 238 g/mol. The van der Waals surface area contributed by atoms with Crippen LogP contribution in [-0.4, -0.2) is 61.6 Å². The largest absolute Gasteiger partial charge is 0.462 e. The van der Waals surface area contributed by atoms with Gasteiger partial charge in [0.2, 0.25) is 0 Å². The maximum atomic E-state index is 10.7. The molecule has 1 fully saturated rings. The lowest BCUT2D eigenvalue weighted by Gasteiger charge is -2.30. The Morgan fingerprint density at radius 2 is 1.94 bits per heavy atom. The Labute approximate surface area is 104 Å². The molecule has 0 aromatic rings. The van der Waals surface area contributed by atoms with Crippen LogP contribution >= 0.6 is 0 Å². The lowest BCUT2D eigenvalue weighted by atomic mass is 10.3. The Bertz CT molecular complexity index is 298. The second-order valence-electron chi connectivity index (χ2n) is 4.56. The molecule has 1 rings (SSSR count). The number of likely N-dealkylation sites (N-methyl/N-ethyl adjacent to an activating group) is 1. The maximum absolute atomic E-state index is 10.7. The number of esters is 1. The van der Waals surface area contributed by atoms with Gasteiger partial charge in [-0.3, -0.25) is 9.69 Å². The first-order valence-electron chi connectivity index (χ1n) is 6.12. The summed E-state index contributed by atoms with van der Waals surface area (Å²) in [5.74, 6) is 5.97. The molecule has 0 saturated carbocycles. The van der Waals surface area contributed by atoms with Gasteiger partial charge in [-0.25, -0.2) is 0 Å². The van der Waals surface area contributed by atoms with Crippen LogP contribution in [0.2, 0.25) is 0 Å². The summed E-state index contributed by atoms with van der Waals surface area (Å²) < 4.78 is 4.99. The van der Waals surface area contributed by atoms with E-state index in [4.69, 9.17) is 4.74 Å². The van der Waals surface area contributed by atoms with E-state index in [1.54, 1.807) is 0 Å². The third kappa shape index (κ3) is 6.30. The van der Waals surface area contributed by atoms with Crippen LogP contribution in [0.25, 0.3) is 0 Å². The summed E-state index contributed by atoms with van der Waals surface area (Å²) in [4.78, 5) is 15.4. The molecule has 0 aromatic heterocycles. The molecule has 0 radical (unpaired) electrons. The van der Waals surface area contributed by atoms with Crippen molar-refractivity contribution in [2.24, 2.45) is 0 Å². The molecule has 0 aliphatic carbocycles. The standard InChI is InChI=1S/C13H22N2O2/c1-12(17-13(2)16)6-4-5-7-15-10-8-14(3)9-11-15/h12H,6-11H2,1-3H3. The molecule has 0 bridgehead atoms. The van der Waals surface area contributed by atoms with Gasteiger partial charge in [0, 0.05) is 39.5 Å². The number of nitrogens with zero attached hydrogens (tertiary/aromatic N) is 2. The fraction of sp³-hybridized carbons (Fsp3) is 0.769. The maximum Gasteiger partial charge on any atom is 0.302 e. The predicted octanol–water partition coefficient (Wildman–Crippen LogP) is 0.579. The third-order valence-electron chi connectivity index (χ3n) is 2.78. The number of carbonyl (C=O) groups excluding carboxylic acids is 1. The van der Waals surface area contributed by atoms with Crippen LogP contribution in [-0.2, 0) is 9.53 Å². The molecule has 1 heterocycles. The molecule has 0 spiro atoms. The summed E-state index contributed by atoms with van der Waals surface area (Å²) in [6.07, 6.45) is 0.514. The zero-order chi connectivity index (χ0) is 12.7. The third-order valence-corrected chi connectivity index (χ3v) is 2.78. The van der Waals surface area contributed by atoms with Gasteiger partial charge >= 0.3 is 5.97 Å². The zero-order valence-electron chi connectivity index (χ0n) is 11.0. The van der Waals surface area contributed by atoms with Gasteiger partial charge in [0.1, 0.15) is 6.10 Å². The summed E-state index contributed by atoms with van der Waals surface area (Å²) in [7, 11) is 2.14. The smallest absolute Gasteiger partial charge is 0.302 e. The molecule has 1 unspecified atom stereocenters. The van der Waals surface area contributed by atoms with E-state index >= 15 is 0 Å². The second kappa shape index (κ2) is 7.31. The lowest BCUT2D eigenvalue weighted by Crippen LogP contribution is -2.44. The minimum atomic E-state index is -0.238. The van der Waals surface area contributed by atoms with Crippen LogP contribution in [0.15, 0.2) is 0 Å². The van der Waals surface area contributed by atoms with Crippen molar-refractivity contribution in [3.05, 3.63) is 0 Å². The van der Waals surface area contributed by atoms with Crippen molar-refractivity contribution in [1.29, 1.82) is 0 Å². The lowest BCUT2D eigenvalue weighted by molar-refractivity contribution is -0.145. The first kappa shape index (κ1) is 14.0. The van der Waals surface area contributed by atoms with Crippen LogP contribution in [0.1, 0.15) is 20.3 Å². The Morgan fingerprint density at radius 3 is 2.53 bits per heavy atom. The Hall–Kier alpha value is -1.05. The summed E-state index contributed by atoms with van der Waals surface area (Å²) in [5.41, 5.74) is 0. The van der Waals surface area contributed by atoms with E-state index < -0.39 is 0 Å². The molecule has 4 heteroatoms. The highest BCUT2D eigenvalue weighted by Gasteiger charge is 2.11. The molecule has 1 aliphatic heterocycles. The van der Waals surface area contributed by atoms with Gasteiger partial charge in [-0.15, -0.1) is 0 Å². The SMILES string of the molecule is CC(=O)OC(C)CC#CCN1CCN(C)CC1. The molecule has 96 valence electrons. The summed E-state index contributed by atoms with van der Waals surface area (Å²) in [5, 5.41) is 0. The summed E-state index contributed by atoms with van der Waals surface area (Å²) >= 11 is 0. The van der Waals surface area contributed by atoms with Crippen molar-refractivity contribution in [3.63, 3.8) is 0 Å². The van der Waals surface area contributed by atoms with Gasteiger partial charge in [0.25, 0.3) is 0 Å². The topological polar surface area (TPSA) is 32.8 Å². The van der Waals surface area contributed by atoms with E-state index in [-0.39, 0.29) is 12.1 Å². The molecule has 1 aliphatic rings. The van der Waals surface area contributed by atoms with E-state index in [9.17, 15) is 4.79 Å². The van der Waals surface area contributed by atoms with Gasteiger partial charge in [0.05, 0.1) is 6.54 Å². The highest BCUT2D eigenvalue weighted by Crippen LogP contribution is 1.98. The van der Waals surface area contributed by atoms with Gasteiger partial charge in [0.15, 0.2) is 0 Å². The first-order valence-corrected chi connectivity index (χ1v) is 6.12. The van der Waals surface area contributed by atoms with Crippen LogP contribution in [0.3, 0.4) is 0 Å². The van der Waals surface area contributed by atoms with Gasteiger partial charge in [-0.05, 0) is 14.0 Å². The molecule has 17 heavy (non-hydrogen) atoms. The molecular formula is C13H22N2O2. The van der Waals surface area contributed by atoms with Gasteiger partial charge in [-0.1, -0.05) is 11.8 Å². The highest BCUT2D eigenvalue weighted by molar-refractivity contribution is 5.66. The summed E-state index contributed by atoms with van der Waals surface area (Å²) in [6, 6.07) is 0. The zero-order valence-corrected chi connectivity index (χ0v) is 11.0. The Morgan fingerprint density at radius 1 is 1.29 bits per heavy atom. The van der Waals surface area contributed by atoms with E-state index in [2.05, 4.69) is 28.7 Å². The van der Waals surface area contributed by atoms with Gasteiger partial charge in [-0.2, -0.15) is 0 Å². The minimum absolute atomic E-state index is 0.104. The fourth-order valence-corrected chi connectivity index (χ4v) is 1.71. The van der Waals surface area contributed by atoms with Crippen LogP contribution in [0.5, 0.6) is 0 Å². The van der Waals surface area contributed by atoms with Crippen molar-refractivity contribution in [1.82, 2.24) is 9.80 Å². The molecule has 4 nitrogen and oxygen atoms in total. The summed E-state index contributed by atoms with van der Waals surface area (Å²) in [6.45, 7) is 8.52. The normalized spacial score (nSPS) is 19.2. The molecule has 1 atom stereocenters. The number of carbonyl (C=O) groups is 1. The number of piperazine rings is 1. The van der Waals surface area contributed by atoms with Crippen molar-refractivity contribution in [3.8, 4) is 11.8 Å². The van der Waals surface area contributed by atoms with Crippen molar-refractivity contribution in [2.75, 3.05) is 39.8 Å². The van der Waals surface area contributed by atoms with Crippen molar-refractivity contribution in [2.45, 2.75) is 26.4 Å². The van der Waals surface area contributed by atoms with Crippen LogP contribution in [0.4, 0.5) is 0 Å². The second-order valence-corrected chi connectivity index (χ2v) is 4.56. The molecule has 0 amide bonds. The fourth-order valence-electron chi connectivity index (χ4n) is 1.71. The van der Waals surface area contributed by atoms with Crippen LogP contribution < -0.4 is 0 Å². The number of hydrogen-bond donors (Lipinski definition) is 0. The van der Waals surface area contributed by atoms with Gasteiger partial charge < -0.3 is 9.64 Å². The van der Waals surface area contributed by atoms with Crippen molar-refractivity contribution < 1.29 is 9.53 Å². The Kier molecular flexibility index (Phi) is 6.03. The van der Waals surface area contributed by atoms with E-state index in [0.717, 1.165) is 32.7 Å². The number of rotatable bonds is 3. The van der Waals surface area contributed by atoms with E-state index in [1.165, 1.54) is 6.92 Å². The van der Waals surface area contributed by atoms with Crippen molar-refractivity contribution >= 4 is 5.97 Å². The number of hydrogen-bond acceptors (Lipinski definition) is 4. The number of ether oxygens (including phenoxy) is 1. The van der Waals surface area contributed by atoms with Crippen LogP contribution in [0, 0.1) is 11.8 Å². The molecular weight excluding hydrogens is 216 g/mol. The first-order chi connectivity index (χ1) is 8.08. The van der Waals surface area contributed by atoms with E-state index in [0.29, 0.717) is 6.42 Å². The Balaban J connectivity index is 2.15. The van der Waals surface area contributed by atoms with E-state index in [1.807, 2.05) is 6.92 Å². The predicted molar refractivity (Wildman–Crippen MR) is 67.6 cm³/mol. The quantitative estimate of drug-likeness (QED) is 0.532. The minimum Gasteiger partial charge on any atom is -0.462 e. The molecule has 0 N–H and O–H groups in total.